The van der Waals surface area contributed by atoms with Crippen LogP contribution in [0.4, 0.5) is 17.5 Å². The average Bonchev–Trinajstić information content (AvgIpc) is 2.74. The van der Waals surface area contributed by atoms with E-state index in [1.165, 1.54) is 5.56 Å². The minimum absolute atomic E-state index is 0.694. The van der Waals surface area contributed by atoms with Crippen molar-refractivity contribution in [2.45, 2.75) is 6.54 Å². The van der Waals surface area contributed by atoms with Gasteiger partial charge in [-0.05, 0) is 17.7 Å². The van der Waals surface area contributed by atoms with Crippen molar-refractivity contribution >= 4 is 17.5 Å². The quantitative estimate of drug-likeness (QED) is 0.855. The van der Waals surface area contributed by atoms with E-state index in [-0.39, 0.29) is 0 Å². The zero-order valence-electron chi connectivity index (χ0n) is 14.8. The first-order valence-corrected chi connectivity index (χ1v) is 9.05. The standard InChI is InChI=1S/C18H24N6O2/c1-2-19-17(23-3-7-25-8-4-23)11-15(1)13-20-16-12-18(22-14-21-16)24-5-9-26-10-6-24/h1-2,11-12,14H,3-10,13H2,(H,20,21,22). The van der Waals surface area contributed by atoms with Crippen LogP contribution in [-0.4, -0.2) is 67.6 Å². The van der Waals surface area contributed by atoms with Crippen molar-refractivity contribution < 1.29 is 9.47 Å². The van der Waals surface area contributed by atoms with Gasteiger partial charge < -0.3 is 24.6 Å². The molecule has 0 amide bonds. The van der Waals surface area contributed by atoms with Gasteiger partial charge in [-0.3, -0.25) is 0 Å². The molecular formula is C18H24N6O2. The van der Waals surface area contributed by atoms with Crippen molar-refractivity contribution in [2.24, 2.45) is 0 Å². The molecule has 2 aromatic heterocycles. The molecule has 0 spiro atoms. The Morgan fingerprint density at radius 3 is 2.19 bits per heavy atom. The Bertz CT molecular complexity index is 655. The summed E-state index contributed by atoms with van der Waals surface area (Å²) in [5, 5.41) is 3.39. The van der Waals surface area contributed by atoms with Gasteiger partial charge in [0.15, 0.2) is 0 Å². The van der Waals surface area contributed by atoms with Gasteiger partial charge in [0.25, 0.3) is 0 Å². The number of aromatic nitrogens is 3. The fraction of sp³-hybridized carbons (Fsp3) is 0.500. The van der Waals surface area contributed by atoms with E-state index in [9.17, 15) is 0 Å². The minimum atomic E-state index is 0.694. The molecule has 4 rings (SSSR count). The van der Waals surface area contributed by atoms with Crippen molar-refractivity contribution in [3.05, 3.63) is 36.3 Å². The highest BCUT2D eigenvalue weighted by Gasteiger charge is 2.14. The van der Waals surface area contributed by atoms with Crippen LogP contribution in [0, 0.1) is 0 Å². The Kier molecular flexibility index (Phi) is 5.41. The third-order valence-electron chi connectivity index (χ3n) is 4.61. The van der Waals surface area contributed by atoms with Crippen LogP contribution in [0.5, 0.6) is 0 Å². The summed E-state index contributed by atoms with van der Waals surface area (Å²) >= 11 is 0. The zero-order chi connectivity index (χ0) is 17.6. The SMILES string of the molecule is c1cc(CNc2cc(N3CCOCC3)ncn2)cc(N2CCOCC2)n1. The molecule has 0 saturated carbocycles. The summed E-state index contributed by atoms with van der Waals surface area (Å²) in [5.41, 5.74) is 1.17. The fourth-order valence-electron chi connectivity index (χ4n) is 3.14. The predicted molar refractivity (Wildman–Crippen MR) is 99.7 cm³/mol. The first-order chi connectivity index (χ1) is 12.9. The van der Waals surface area contributed by atoms with Gasteiger partial charge in [0, 0.05) is 45.0 Å². The number of hydrogen-bond acceptors (Lipinski definition) is 8. The first kappa shape index (κ1) is 17.0. The molecule has 0 aliphatic carbocycles. The molecule has 2 aromatic rings. The molecule has 8 nitrogen and oxygen atoms in total. The maximum Gasteiger partial charge on any atom is 0.134 e. The van der Waals surface area contributed by atoms with E-state index in [2.05, 4.69) is 36.1 Å². The van der Waals surface area contributed by atoms with Crippen LogP contribution in [0.1, 0.15) is 5.56 Å². The summed E-state index contributed by atoms with van der Waals surface area (Å²) in [4.78, 5) is 17.7. The van der Waals surface area contributed by atoms with Crippen LogP contribution in [0.25, 0.3) is 0 Å². The number of nitrogens with one attached hydrogen (secondary N) is 1. The second-order valence-electron chi connectivity index (χ2n) is 6.34. The summed E-state index contributed by atoms with van der Waals surface area (Å²) < 4.78 is 10.8. The molecule has 0 radical (unpaired) electrons. The lowest BCUT2D eigenvalue weighted by molar-refractivity contribution is 0.122. The van der Waals surface area contributed by atoms with Crippen molar-refractivity contribution in [1.29, 1.82) is 0 Å². The molecular weight excluding hydrogens is 332 g/mol. The minimum Gasteiger partial charge on any atom is -0.378 e. The highest BCUT2D eigenvalue weighted by Crippen LogP contribution is 2.18. The number of ether oxygens (including phenoxy) is 2. The van der Waals surface area contributed by atoms with Gasteiger partial charge in [0.1, 0.15) is 23.8 Å². The smallest absolute Gasteiger partial charge is 0.134 e. The predicted octanol–water partition coefficient (Wildman–Crippen LogP) is 1.16. The second-order valence-corrected chi connectivity index (χ2v) is 6.34. The maximum atomic E-state index is 5.41. The number of morpholine rings is 2. The fourth-order valence-corrected chi connectivity index (χ4v) is 3.14. The van der Waals surface area contributed by atoms with E-state index in [0.717, 1.165) is 70.1 Å². The highest BCUT2D eigenvalue weighted by molar-refractivity contribution is 5.49. The molecule has 26 heavy (non-hydrogen) atoms. The van der Waals surface area contributed by atoms with Gasteiger partial charge in [-0.2, -0.15) is 0 Å². The van der Waals surface area contributed by atoms with E-state index in [1.807, 2.05) is 18.3 Å². The van der Waals surface area contributed by atoms with Gasteiger partial charge >= 0.3 is 0 Å². The summed E-state index contributed by atoms with van der Waals surface area (Å²) in [7, 11) is 0. The molecule has 8 heteroatoms. The summed E-state index contributed by atoms with van der Waals surface area (Å²) in [6, 6.07) is 6.15. The Morgan fingerprint density at radius 1 is 0.846 bits per heavy atom. The molecule has 0 unspecified atom stereocenters. The molecule has 0 aromatic carbocycles. The molecule has 1 N–H and O–H groups in total. The number of pyridine rings is 1. The number of nitrogens with zero attached hydrogens (tertiary/aromatic N) is 5. The van der Waals surface area contributed by atoms with Crippen LogP contribution in [0.3, 0.4) is 0 Å². The largest absolute Gasteiger partial charge is 0.378 e. The molecule has 2 aliphatic heterocycles. The molecule has 0 bridgehead atoms. The van der Waals surface area contributed by atoms with Gasteiger partial charge in [0.05, 0.1) is 26.4 Å². The Labute approximate surface area is 153 Å². The van der Waals surface area contributed by atoms with Gasteiger partial charge in [-0.15, -0.1) is 0 Å². The molecule has 4 heterocycles. The Morgan fingerprint density at radius 2 is 1.50 bits per heavy atom. The van der Waals surface area contributed by atoms with Crippen LogP contribution in [0.15, 0.2) is 30.7 Å². The van der Waals surface area contributed by atoms with Crippen molar-refractivity contribution in [1.82, 2.24) is 15.0 Å². The normalized spacial score (nSPS) is 18.0. The van der Waals surface area contributed by atoms with E-state index in [1.54, 1.807) is 6.33 Å². The molecule has 0 atom stereocenters. The lowest BCUT2D eigenvalue weighted by Crippen LogP contribution is -2.36. The molecule has 138 valence electrons. The number of rotatable bonds is 5. The van der Waals surface area contributed by atoms with E-state index in [0.29, 0.717) is 6.54 Å². The van der Waals surface area contributed by atoms with Crippen LogP contribution in [0.2, 0.25) is 0 Å². The molecule has 2 saturated heterocycles. The summed E-state index contributed by atoms with van der Waals surface area (Å²) in [6.07, 6.45) is 3.47. The van der Waals surface area contributed by atoms with Gasteiger partial charge in [0.2, 0.25) is 0 Å². The lowest BCUT2D eigenvalue weighted by atomic mass is 10.2. The van der Waals surface area contributed by atoms with Gasteiger partial charge in [-0.25, -0.2) is 15.0 Å². The van der Waals surface area contributed by atoms with Crippen LogP contribution in [-0.2, 0) is 16.0 Å². The highest BCUT2D eigenvalue weighted by atomic mass is 16.5. The van der Waals surface area contributed by atoms with Gasteiger partial charge in [-0.1, -0.05) is 0 Å². The maximum absolute atomic E-state index is 5.41. The zero-order valence-corrected chi connectivity index (χ0v) is 14.8. The van der Waals surface area contributed by atoms with Crippen LogP contribution >= 0.6 is 0 Å². The Balaban J connectivity index is 1.39. The third kappa shape index (κ3) is 4.20. The lowest BCUT2D eigenvalue weighted by Gasteiger charge is -2.28. The number of hydrogen-bond donors (Lipinski definition) is 1. The van der Waals surface area contributed by atoms with Crippen molar-refractivity contribution in [3.63, 3.8) is 0 Å². The van der Waals surface area contributed by atoms with Crippen molar-refractivity contribution in [2.75, 3.05) is 67.7 Å². The molecule has 2 fully saturated rings. The average molecular weight is 356 g/mol. The summed E-state index contributed by atoms with van der Waals surface area (Å²) in [6.45, 7) is 7.21. The topological polar surface area (TPSA) is 75.6 Å². The number of anilines is 3. The third-order valence-corrected chi connectivity index (χ3v) is 4.61. The monoisotopic (exact) mass is 356 g/mol. The Hall–Kier alpha value is -2.45. The van der Waals surface area contributed by atoms with Crippen molar-refractivity contribution in [3.8, 4) is 0 Å². The van der Waals surface area contributed by atoms with E-state index >= 15 is 0 Å². The second kappa shape index (κ2) is 8.29. The summed E-state index contributed by atoms with van der Waals surface area (Å²) in [5.74, 6) is 2.77. The van der Waals surface area contributed by atoms with E-state index in [4.69, 9.17) is 9.47 Å². The van der Waals surface area contributed by atoms with Crippen LogP contribution < -0.4 is 15.1 Å². The first-order valence-electron chi connectivity index (χ1n) is 9.05. The van der Waals surface area contributed by atoms with E-state index < -0.39 is 0 Å². The molecule has 2 aliphatic rings.